The van der Waals surface area contributed by atoms with Crippen molar-refractivity contribution in [3.63, 3.8) is 0 Å². The molecular formula is C13H21ClN4O2. The first-order valence-electron chi connectivity index (χ1n) is 6.80. The second-order valence-electron chi connectivity index (χ2n) is 5.05. The zero-order valence-electron chi connectivity index (χ0n) is 12.0. The average molecular weight is 301 g/mol. The number of hydrogen-bond donors (Lipinski definition) is 1. The number of halogens is 1. The van der Waals surface area contributed by atoms with Gasteiger partial charge in [-0.05, 0) is 13.3 Å². The van der Waals surface area contributed by atoms with E-state index in [1.807, 2.05) is 11.8 Å². The number of nitrogens with zero attached hydrogens (tertiary/aromatic N) is 3. The smallest absolute Gasteiger partial charge is 0.248 e. The summed E-state index contributed by atoms with van der Waals surface area (Å²) in [6.45, 7) is 6.07. The van der Waals surface area contributed by atoms with Gasteiger partial charge in [-0.1, -0.05) is 11.6 Å². The van der Waals surface area contributed by atoms with Crippen LogP contribution < -0.4 is 0 Å². The number of aryl methyl sites for hydroxylation is 1. The van der Waals surface area contributed by atoms with Crippen molar-refractivity contribution < 1.29 is 9.53 Å². The fraction of sp³-hybridized carbons (Fsp3) is 0.692. The fourth-order valence-corrected chi connectivity index (χ4v) is 2.52. The highest BCUT2D eigenvalue weighted by molar-refractivity contribution is 6.31. The van der Waals surface area contributed by atoms with Crippen LogP contribution in [0.1, 0.15) is 17.8 Å². The van der Waals surface area contributed by atoms with Crippen LogP contribution in [0.5, 0.6) is 0 Å². The summed E-state index contributed by atoms with van der Waals surface area (Å²) in [5.74, 6) is 0.0583. The molecule has 1 fully saturated rings. The Kier molecular flexibility index (Phi) is 5.39. The molecule has 2 heterocycles. The molecule has 0 saturated carbocycles. The van der Waals surface area contributed by atoms with Gasteiger partial charge in [0.25, 0.3) is 0 Å². The average Bonchev–Trinajstić information content (AvgIpc) is 2.66. The van der Waals surface area contributed by atoms with E-state index in [4.69, 9.17) is 16.3 Å². The lowest BCUT2D eigenvalue weighted by atomic mass is 10.3. The van der Waals surface area contributed by atoms with Crippen LogP contribution in [-0.2, 0) is 16.1 Å². The van der Waals surface area contributed by atoms with Gasteiger partial charge in [-0.3, -0.25) is 14.8 Å². The molecule has 0 aliphatic carbocycles. The molecule has 2 rings (SSSR count). The van der Waals surface area contributed by atoms with Crippen molar-refractivity contribution in [3.05, 3.63) is 16.4 Å². The Balaban J connectivity index is 1.89. The summed E-state index contributed by atoms with van der Waals surface area (Å²) in [5.41, 5.74) is 1.77. The zero-order valence-corrected chi connectivity index (χ0v) is 12.7. The standard InChI is InChI=1S/C13H21ClN4O2/c1-10-13(14)11(16-15-10)8-17-4-3-5-18(7-6-17)12(19)9-20-2/h3-9H2,1-2H3,(H,15,16). The van der Waals surface area contributed by atoms with Crippen molar-refractivity contribution in [2.45, 2.75) is 19.9 Å². The molecule has 1 aliphatic rings. The monoisotopic (exact) mass is 300 g/mol. The molecule has 0 unspecified atom stereocenters. The van der Waals surface area contributed by atoms with E-state index >= 15 is 0 Å². The van der Waals surface area contributed by atoms with E-state index < -0.39 is 0 Å². The summed E-state index contributed by atoms with van der Waals surface area (Å²) in [7, 11) is 1.55. The molecule has 0 bridgehead atoms. The number of methoxy groups -OCH3 is 1. The van der Waals surface area contributed by atoms with Crippen LogP contribution in [0.3, 0.4) is 0 Å². The van der Waals surface area contributed by atoms with Crippen molar-refractivity contribution >= 4 is 17.5 Å². The van der Waals surface area contributed by atoms with Crippen molar-refractivity contribution in [3.8, 4) is 0 Å². The fourth-order valence-electron chi connectivity index (χ4n) is 2.38. The largest absolute Gasteiger partial charge is 0.375 e. The van der Waals surface area contributed by atoms with Gasteiger partial charge < -0.3 is 9.64 Å². The first-order valence-corrected chi connectivity index (χ1v) is 7.18. The van der Waals surface area contributed by atoms with Gasteiger partial charge in [0.15, 0.2) is 0 Å². The predicted molar refractivity (Wildman–Crippen MR) is 76.7 cm³/mol. The Hall–Kier alpha value is -1.11. The molecule has 112 valence electrons. The molecule has 0 aromatic carbocycles. The van der Waals surface area contributed by atoms with Gasteiger partial charge >= 0.3 is 0 Å². The van der Waals surface area contributed by atoms with Gasteiger partial charge in [-0.2, -0.15) is 5.10 Å². The Bertz CT molecular complexity index is 463. The maximum Gasteiger partial charge on any atom is 0.248 e. The third kappa shape index (κ3) is 3.71. The van der Waals surface area contributed by atoms with Gasteiger partial charge in [0.2, 0.25) is 5.91 Å². The molecule has 0 atom stereocenters. The van der Waals surface area contributed by atoms with Crippen LogP contribution >= 0.6 is 11.6 Å². The van der Waals surface area contributed by atoms with Crippen LogP contribution in [-0.4, -0.2) is 65.8 Å². The minimum atomic E-state index is 0.0583. The molecule has 1 aromatic heterocycles. The number of rotatable bonds is 4. The highest BCUT2D eigenvalue weighted by Crippen LogP contribution is 2.19. The van der Waals surface area contributed by atoms with Crippen LogP contribution in [0.4, 0.5) is 0 Å². The van der Waals surface area contributed by atoms with E-state index in [1.165, 1.54) is 0 Å². The maximum absolute atomic E-state index is 11.8. The molecule has 20 heavy (non-hydrogen) atoms. The van der Waals surface area contributed by atoms with E-state index in [1.54, 1.807) is 7.11 Å². The highest BCUT2D eigenvalue weighted by atomic mass is 35.5. The molecule has 1 saturated heterocycles. The SMILES string of the molecule is COCC(=O)N1CCCN(Cc2n[nH]c(C)c2Cl)CC1. The van der Waals surface area contributed by atoms with Crippen LogP contribution in [0.25, 0.3) is 0 Å². The van der Waals surface area contributed by atoms with Crippen LogP contribution in [0.15, 0.2) is 0 Å². The number of nitrogens with one attached hydrogen (secondary N) is 1. The van der Waals surface area contributed by atoms with E-state index in [0.717, 1.165) is 50.5 Å². The van der Waals surface area contributed by atoms with Gasteiger partial charge in [-0.25, -0.2) is 0 Å². The van der Waals surface area contributed by atoms with Crippen molar-refractivity contribution in [2.75, 3.05) is 39.9 Å². The summed E-state index contributed by atoms with van der Waals surface area (Å²) in [6.07, 6.45) is 0.955. The molecule has 0 spiro atoms. The molecule has 1 N–H and O–H groups in total. The van der Waals surface area contributed by atoms with Gasteiger partial charge in [0.1, 0.15) is 6.61 Å². The van der Waals surface area contributed by atoms with Crippen molar-refractivity contribution in [1.29, 1.82) is 0 Å². The summed E-state index contributed by atoms with van der Waals surface area (Å²) < 4.78 is 4.90. The molecule has 1 aromatic rings. The van der Waals surface area contributed by atoms with Gasteiger partial charge in [-0.15, -0.1) is 0 Å². The third-order valence-corrected chi connectivity index (χ3v) is 4.03. The van der Waals surface area contributed by atoms with Crippen molar-refractivity contribution in [1.82, 2.24) is 20.0 Å². The minimum absolute atomic E-state index is 0.0583. The molecule has 7 heteroatoms. The summed E-state index contributed by atoms with van der Waals surface area (Å²) in [5, 5.41) is 7.83. The summed E-state index contributed by atoms with van der Waals surface area (Å²) in [6, 6.07) is 0. The quantitative estimate of drug-likeness (QED) is 0.903. The lowest BCUT2D eigenvalue weighted by molar-refractivity contribution is -0.135. The molecular weight excluding hydrogens is 280 g/mol. The number of aromatic nitrogens is 2. The molecule has 6 nitrogen and oxygen atoms in total. The normalized spacial score (nSPS) is 17.2. The van der Waals surface area contributed by atoms with Crippen LogP contribution in [0, 0.1) is 6.92 Å². The number of aromatic amines is 1. The second kappa shape index (κ2) is 7.06. The first kappa shape index (κ1) is 15.3. The number of carbonyl (C=O) groups excluding carboxylic acids is 1. The van der Waals surface area contributed by atoms with E-state index in [0.29, 0.717) is 5.02 Å². The van der Waals surface area contributed by atoms with Crippen molar-refractivity contribution in [2.24, 2.45) is 0 Å². The number of carbonyl (C=O) groups is 1. The van der Waals surface area contributed by atoms with E-state index in [-0.39, 0.29) is 12.5 Å². The zero-order chi connectivity index (χ0) is 14.5. The molecule has 0 radical (unpaired) electrons. The Morgan fingerprint density at radius 3 is 2.85 bits per heavy atom. The topological polar surface area (TPSA) is 61.5 Å². The maximum atomic E-state index is 11.8. The van der Waals surface area contributed by atoms with E-state index in [9.17, 15) is 4.79 Å². The summed E-state index contributed by atoms with van der Waals surface area (Å²) >= 11 is 6.19. The lowest BCUT2D eigenvalue weighted by Gasteiger charge is -2.21. The highest BCUT2D eigenvalue weighted by Gasteiger charge is 2.20. The van der Waals surface area contributed by atoms with Crippen LogP contribution in [0.2, 0.25) is 5.02 Å². The molecule has 1 aliphatic heterocycles. The molecule has 1 amide bonds. The van der Waals surface area contributed by atoms with Gasteiger partial charge in [0.05, 0.1) is 16.4 Å². The third-order valence-electron chi connectivity index (χ3n) is 3.52. The summed E-state index contributed by atoms with van der Waals surface area (Å²) in [4.78, 5) is 16.0. The lowest BCUT2D eigenvalue weighted by Crippen LogP contribution is -2.37. The Morgan fingerprint density at radius 1 is 1.40 bits per heavy atom. The minimum Gasteiger partial charge on any atom is -0.375 e. The number of H-pyrrole nitrogens is 1. The number of hydrogen-bond acceptors (Lipinski definition) is 4. The van der Waals surface area contributed by atoms with Gasteiger partial charge in [0, 0.05) is 39.8 Å². The first-order chi connectivity index (χ1) is 9.61. The Labute approximate surface area is 124 Å². The van der Waals surface area contributed by atoms with E-state index in [2.05, 4.69) is 15.1 Å². The number of amides is 1. The predicted octanol–water partition coefficient (Wildman–Crippen LogP) is 1.05. The second-order valence-corrected chi connectivity index (χ2v) is 5.43. The Morgan fingerprint density at radius 2 is 2.20 bits per heavy atom. The number of ether oxygens (including phenoxy) is 1.